The molecule has 2 fully saturated rings. The number of carbonyl (C=O) groups excluding carboxylic acids is 1. The van der Waals surface area contributed by atoms with E-state index in [1.807, 2.05) is 0 Å². The summed E-state index contributed by atoms with van der Waals surface area (Å²) in [5.74, 6) is 0.996. The molecule has 0 aliphatic carbocycles. The van der Waals surface area contributed by atoms with Crippen molar-refractivity contribution in [1.82, 2.24) is 9.80 Å². The number of rotatable bonds is 5. The van der Waals surface area contributed by atoms with E-state index in [9.17, 15) is 4.79 Å². The number of ether oxygens (including phenoxy) is 1. The molecular formula is C16H30N2O2. The van der Waals surface area contributed by atoms with Crippen LogP contribution in [0.3, 0.4) is 0 Å². The highest BCUT2D eigenvalue weighted by Gasteiger charge is 2.36. The largest absolute Gasteiger partial charge is 0.380 e. The zero-order chi connectivity index (χ0) is 14.8. The first-order valence-corrected chi connectivity index (χ1v) is 8.04. The molecule has 1 atom stereocenters. The molecule has 2 aliphatic rings. The molecule has 1 amide bonds. The summed E-state index contributed by atoms with van der Waals surface area (Å²) >= 11 is 0. The summed E-state index contributed by atoms with van der Waals surface area (Å²) in [6.07, 6.45) is 0.951. The van der Waals surface area contributed by atoms with Gasteiger partial charge in [-0.25, -0.2) is 0 Å². The number of carbonyl (C=O) groups is 1. The van der Waals surface area contributed by atoms with E-state index in [0.717, 1.165) is 52.4 Å². The maximum absolute atomic E-state index is 12.5. The number of amides is 1. The van der Waals surface area contributed by atoms with Crippen molar-refractivity contribution in [3.05, 3.63) is 0 Å². The average molecular weight is 282 g/mol. The van der Waals surface area contributed by atoms with Gasteiger partial charge in [0.25, 0.3) is 0 Å². The van der Waals surface area contributed by atoms with Gasteiger partial charge in [-0.05, 0) is 12.3 Å². The van der Waals surface area contributed by atoms with Crippen LogP contribution in [0.25, 0.3) is 0 Å². The van der Waals surface area contributed by atoms with E-state index < -0.39 is 0 Å². The summed E-state index contributed by atoms with van der Waals surface area (Å²) in [6.45, 7) is 15.4. The number of piperazine rings is 1. The highest BCUT2D eigenvalue weighted by molar-refractivity contribution is 5.79. The first-order chi connectivity index (χ1) is 9.45. The molecule has 2 rings (SSSR count). The third kappa shape index (κ3) is 3.53. The smallest absolute Gasteiger partial charge is 0.226 e. The van der Waals surface area contributed by atoms with E-state index in [1.54, 1.807) is 0 Å². The van der Waals surface area contributed by atoms with Crippen molar-refractivity contribution in [3.8, 4) is 0 Å². The van der Waals surface area contributed by atoms with E-state index in [4.69, 9.17) is 4.74 Å². The van der Waals surface area contributed by atoms with E-state index in [1.165, 1.54) is 0 Å². The fourth-order valence-corrected chi connectivity index (χ4v) is 3.37. The zero-order valence-electron chi connectivity index (χ0n) is 13.5. The molecule has 0 spiro atoms. The van der Waals surface area contributed by atoms with E-state index >= 15 is 0 Å². The predicted molar refractivity (Wildman–Crippen MR) is 80.6 cm³/mol. The van der Waals surface area contributed by atoms with Gasteiger partial charge in [0.1, 0.15) is 0 Å². The summed E-state index contributed by atoms with van der Waals surface area (Å²) in [7, 11) is 0. The monoisotopic (exact) mass is 282 g/mol. The zero-order valence-corrected chi connectivity index (χ0v) is 13.5. The molecule has 116 valence electrons. The first kappa shape index (κ1) is 15.8. The highest BCUT2D eigenvalue weighted by atomic mass is 16.5. The third-order valence-electron chi connectivity index (χ3n) is 4.75. The molecule has 0 radical (unpaired) electrons. The normalized spacial score (nSPS) is 24.6. The Morgan fingerprint density at radius 3 is 2.20 bits per heavy atom. The molecule has 2 heterocycles. The standard InChI is InChI=1S/C16H30N2O2/c1-5-14(13(2)3)15(19)18-8-6-17(7-9-18)10-16(4)11-20-12-16/h13-14H,5-12H2,1-4H3. The number of hydrogen-bond donors (Lipinski definition) is 0. The molecule has 0 saturated carbocycles. The molecule has 0 aromatic carbocycles. The van der Waals surface area contributed by atoms with Gasteiger partial charge in [0.15, 0.2) is 0 Å². The second kappa shape index (κ2) is 6.44. The minimum absolute atomic E-state index is 0.194. The molecule has 0 aromatic rings. The van der Waals surface area contributed by atoms with Crippen molar-refractivity contribution < 1.29 is 9.53 Å². The fourth-order valence-electron chi connectivity index (χ4n) is 3.37. The molecule has 4 nitrogen and oxygen atoms in total. The molecule has 0 N–H and O–H groups in total. The Morgan fingerprint density at radius 2 is 1.80 bits per heavy atom. The molecule has 2 aliphatic heterocycles. The predicted octanol–water partition coefficient (Wildman–Crippen LogP) is 1.85. The van der Waals surface area contributed by atoms with Crippen LogP contribution in [-0.4, -0.2) is 61.6 Å². The van der Waals surface area contributed by atoms with Crippen LogP contribution in [0, 0.1) is 17.3 Å². The van der Waals surface area contributed by atoms with E-state index in [0.29, 0.717) is 17.2 Å². The van der Waals surface area contributed by atoms with Gasteiger partial charge in [-0.2, -0.15) is 0 Å². The van der Waals surface area contributed by atoms with Crippen molar-refractivity contribution in [2.24, 2.45) is 17.3 Å². The number of nitrogens with zero attached hydrogens (tertiary/aromatic N) is 2. The third-order valence-corrected chi connectivity index (χ3v) is 4.75. The van der Waals surface area contributed by atoms with Crippen LogP contribution >= 0.6 is 0 Å². The SMILES string of the molecule is CCC(C(=O)N1CCN(CC2(C)COC2)CC1)C(C)C. The van der Waals surface area contributed by atoms with Crippen molar-refractivity contribution >= 4 is 5.91 Å². The topological polar surface area (TPSA) is 32.8 Å². The first-order valence-electron chi connectivity index (χ1n) is 8.04. The van der Waals surface area contributed by atoms with Gasteiger partial charge < -0.3 is 9.64 Å². The van der Waals surface area contributed by atoms with Crippen LogP contribution < -0.4 is 0 Å². The van der Waals surface area contributed by atoms with Gasteiger partial charge in [0.2, 0.25) is 5.91 Å². The van der Waals surface area contributed by atoms with Crippen LogP contribution in [0.2, 0.25) is 0 Å². The lowest BCUT2D eigenvalue weighted by Crippen LogP contribution is -2.55. The van der Waals surface area contributed by atoms with Gasteiger partial charge >= 0.3 is 0 Å². The molecule has 20 heavy (non-hydrogen) atoms. The molecule has 0 bridgehead atoms. The lowest BCUT2D eigenvalue weighted by Gasteiger charge is -2.44. The summed E-state index contributed by atoms with van der Waals surface area (Å²) in [4.78, 5) is 17.1. The number of hydrogen-bond acceptors (Lipinski definition) is 3. The Morgan fingerprint density at radius 1 is 1.20 bits per heavy atom. The fraction of sp³-hybridized carbons (Fsp3) is 0.938. The average Bonchev–Trinajstić information content (AvgIpc) is 2.38. The second-order valence-electron chi connectivity index (χ2n) is 7.16. The second-order valence-corrected chi connectivity index (χ2v) is 7.16. The van der Waals surface area contributed by atoms with Crippen LogP contribution in [0.4, 0.5) is 0 Å². The molecule has 4 heteroatoms. The lowest BCUT2D eigenvalue weighted by atomic mass is 9.87. The van der Waals surface area contributed by atoms with Gasteiger partial charge in [0, 0.05) is 44.1 Å². The van der Waals surface area contributed by atoms with Crippen LogP contribution in [-0.2, 0) is 9.53 Å². The molecule has 0 aromatic heterocycles. The van der Waals surface area contributed by atoms with Crippen molar-refractivity contribution in [2.45, 2.75) is 34.1 Å². The maximum atomic E-state index is 12.5. The van der Waals surface area contributed by atoms with Crippen molar-refractivity contribution in [1.29, 1.82) is 0 Å². The summed E-state index contributed by atoms with van der Waals surface area (Å²) in [5.41, 5.74) is 0.343. The van der Waals surface area contributed by atoms with Crippen molar-refractivity contribution in [2.75, 3.05) is 45.9 Å². The van der Waals surface area contributed by atoms with Crippen LogP contribution in [0.1, 0.15) is 34.1 Å². The van der Waals surface area contributed by atoms with Gasteiger partial charge in [-0.3, -0.25) is 9.69 Å². The molecule has 2 saturated heterocycles. The van der Waals surface area contributed by atoms with Gasteiger partial charge in [0.05, 0.1) is 13.2 Å². The Balaban J connectivity index is 1.80. The maximum Gasteiger partial charge on any atom is 0.226 e. The quantitative estimate of drug-likeness (QED) is 0.771. The van der Waals surface area contributed by atoms with E-state index in [-0.39, 0.29) is 5.92 Å². The Labute approximate surface area is 123 Å². The molecule has 1 unspecified atom stereocenters. The lowest BCUT2D eigenvalue weighted by molar-refractivity contribution is -0.141. The minimum atomic E-state index is 0.194. The summed E-state index contributed by atoms with van der Waals surface area (Å²) in [6, 6.07) is 0. The minimum Gasteiger partial charge on any atom is -0.380 e. The van der Waals surface area contributed by atoms with Crippen molar-refractivity contribution in [3.63, 3.8) is 0 Å². The summed E-state index contributed by atoms with van der Waals surface area (Å²) < 4.78 is 5.32. The van der Waals surface area contributed by atoms with Crippen LogP contribution in [0.15, 0.2) is 0 Å². The Hall–Kier alpha value is -0.610. The Bertz CT molecular complexity index is 331. The van der Waals surface area contributed by atoms with Gasteiger partial charge in [-0.1, -0.05) is 27.7 Å². The Kier molecular flexibility index (Phi) is 5.08. The van der Waals surface area contributed by atoms with Crippen LogP contribution in [0.5, 0.6) is 0 Å². The van der Waals surface area contributed by atoms with Gasteiger partial charge in [-0.15, -0.1) is 0 Å². The molecular weight excluding hydrogens is 252 g/mol. The van der Waals surface area contributed by atoms with E-state index in [2.05, 4.69) is 37.5 Å². The highest BCUT2D eigenvalue weighted by Crippen LogP contribution is 2.28. The summed E-state index contributed by atoms with van der Waals surface area (Å²) in [5, 5.41) is 0.